The van der Waals surface area contributed by atoms with E-state index in [1.165, 1.54) is 31.5 Å². The summed E-state index contributed by atoms with van der Waals surface area (Å²) in [5.74, 6) is 0. The second-order valence-electron chi connectivity index (χ2n) is 4.96. The van der Waals surface area contributed by atoms with Gasteiger partial charge >= 0.3 is 0 Å². The Morgan fingerprint density at radius 2 is 2.21 bits per heavy atom. The molecule has 2 aliphatic heterocycles. The molecule has 74 valence electrons. The zero-order valence-corrected chi connectivity index (χ0v) is 9.01. The first-order chi connectivity index (χ1) is 6.70. The minimum absolute atomic E-state index is 0.364. The summed E-state index contributed by atoms with van der Waals surface area (Å²) in [4.78, 5) is 2.64. The lowest BCUT2D eigenvalue weighted by molar-refractivity contribution is 0.178. The van der Waals surface area contributed by atoms with Crippen LogP contribution in [0.4, 0.5) is 0 Å². The van der Waals surface area contributed by atoms with Crippen molar-refractivity contribution in [2.24, 2.45) is 0 Å². The van der Waals surface area contributed by atoms with Gasteiger partial charge in [-0.05, 0) is 44.4 Å². The molecule has 1 atom stereocenters. The summed E-state index contributed by atoms with van der Waals surface area (Å²) in [6.45, 7) is 7.05. The summed E-state index contributed by atoms with van der Waals surface area (Å²) >= 11 is 0. The second kappa shape index (κ2) is 2.60. The fourth-order valence-electron chi connectivity index (χ4n) is 3.16. The van der Waals surface area contributed by atoms with Gasteiger partial charge < -0.3 is 0 Å². The number of nitrogens with zero attached hydrogens (tertiary/aromatic N) is 1. The molecule has 1 saturated heterocycles. The highest BCUT2D eigenvalue weighted by molar-refractivity contribution is 5.41. The van der Waals surface area contributed by atoms with E-state index < -0.39 is 0 Å². The monoisotopic (exact) mass is 187 g/mol. The van der Waals surface area contributed by atoms with E-state index in [0.717, 1.165) is 0 Å². The topological polar surface area (TPSA) is 3.24 Å². The first kappa shape index (κ1) is 8.49. The van der Waals surface area contributed by atoms with E-state index in [4.69, 9.17) is 0 Å². The van der Waals surface area contributed by atoms with Crippen molar-refractivity contribution in [3.8, 4) is 0 Å². The molecule has 0 N–H and O–H groups in total. The Labute approximate surface area is 85.7 Å². The fourth-order valence-corrected chi connectivity index (χ4v) is 3.16. The Hall–Kier alpha value is -0.820. The minimum atomic E-state index is 0.364. The second-order valence-corrected chi connectivity index (χ2v) is 4.96. The van der Waals surface area contributed by atoms with Crippen LogP contribution < -0.4 is 0 Å². The third kappa shape index (κ3) is 0.936. The lowest BCUT2D eigenvalue weighted by Gasteiger charge is -2.28. The Bertz CT molecular complexity index is 383. The number of hydrogen-bond donors (Lipinski definition) is 0. The van der Waals surface area contributed by atoms with Crippen LogP contribution in [0.3, 0.4) is 0 Å². The predicted molar refractivity (Wildman–Crippen MR) is 58.2 cm³/mol. The maximum atomic E-state index is 2.64. The van der Waals surface area contributed by atoms with Crippen LogP contribution in [-0.2, 0) is 12.1 Å². The van der Waals surface area contributed by atoms with E-state index in [9.17, 15) is 0 Å². The van der Waals surface area contributed by atoms with Crippen molar-refractivity contribution in [3.05, 3.63) is 34.9 Å². The standard InChI is InChI=1S/C13H17N/c1-10-4-5-12-11(8-10)9-14-7-3-6-13(12,14)2/h4-5,8H,3,6-7,9H2,1-2H3. The average Bonchev–Trinajstić information content (AvgIpc) is 2.58. The molecule has 0 saturated carbocycles. The SMILES string of the molecule is Cc1ccc2c(c1)CN1CCCC21C. The molecule has 0 aromatic heterocycles. The van der Waals surface area contributed by atoms with E-state index >= 15 is 0 Å². The van der Waals surface area contributed by atoms with E-state index in [1.807, 2.05) is 0 Å². The van der Waals surface area contributed by atoms with Crippen LogP contribution in [-0.4, -0.2) is 11.4 Å². The van der Waals surface area contributed by atoms with Crippen LogP contribution >= 0.6 is 0 Å². The molecular weight excluding hydrogens is 170 g/mol. The molecule has 0 aliphatic carbocycles. The van der Waals surface area contributed by atoms with Crippen LogP contribution in [0.5, 0.6) is 0 Å². The Morgan fingerprint density at radius 1 is 1.36 bits per heavy atom. The average molecular weight is 187 g/mol. The van der Waals surface area contributed by atoms with E-state index in [1.54, 1.807) is 11.1 Å². The Balaban J connectivity index is 2.15. The van der Waals surface area contributed by atoms with Gasteiger partial charge in [0.2, 0.25) is 0 Å². The quantitative estimate of drug-likeness (QED) is 0.603. The van der Waals surface area contributed by atoms with Gasteiger partial charge in [-0.2, -0.15) is 0 Å². The molecule has 3 rings (SSSR count). The number of aryl methyl sites for hydroxylation is 1. The normalized spacial score (nSPS) is 30.4. The Kier molecular flexibility index (Phi) is 1.58. The molecule has 2 heterocycles. The number of fused-ring (bicyclic) bond motifs is 3. The summed E-state index contributed by atoms with van der Waals surface area (Å²) < 4.78 is 0. The summed E-state index contributed by atoms with van der Waals surface area (Å²) in [7, 11) is 0. The van der Waals surface area contributed by atoms with Gasteiger partial charge in [0.1, 0.15) is 0 Å². The van der Waals surface area contributed by atoms with Gasteiger partial charge in [0.25, 0.3) is 0 Å². The first-order valence-electron chi connectivity index (χ1n) is 5.55. The van der Waals surface area contributed by atoms with Crippen LogP contribution in [0, 0.1) is 6.92 Å². The van der Waals surface area contributed by atoms with Crippen molar-refractivity contribution in [3.63, 3.8) is 0 Å². The van der Waals surface area contributed by atoms with E-state index in [-0.39, 0.29) is 0 Å². The minimum Gasteiger partial charge on any atom is -0.290 e. The molecule has 1 nitrogen and oxygen atoms in total. The molecular formula is C13H17N. The van der Waals surface area contributed by atoms with E-state index in [0.29, 0.717) is 5.54 Å². The van der Waals surface area contributed by atoms with Crippen molar-refractivity contribution in [1.29, 1.82) is 0 Å². The largest absolute Gasteiger partial charge is 0.290 e. The maximum absolute atomic E-state index is 2.64. The first-order valence-corrected chi connectivity index (χ1v) is 5.55. The lowest BCUT2D eigenvalue weighted by atomic mass is 9.89. The summed E-state index contributed by atoms with van der Waals surface area (Å²) in [6, 6.07) is 6.96. The molecule has 1 aromatic rings. The summed E-state index contributed by atoms with van der Waals surface area (Å²) in [5.41, 5.74) is 4.91. The molecule has 14 heavy (non-hydrogen) atoms. The zero-order chi connectivity index (χ0) is 9.76. The van der Waals surface area contributed by atoms with Crippen molar-refractivity contribution >= 4 is 0 Å². The molecule has 2 aliphatic rings. The van der Waals surface area contributed by atoms with Crippen molar-refractivity contribution in [1.82, 2.24) is 4.90 Å². The molecule has 1 aromatic carbocycles. The number of rotatable bonds is 0. The van der Waals surface area contributed by atoms with Crippen molar-refractivity contribution in [2.75, 3.05) is 6.54 Å². The fraction of sp³-hybridized carbons (Fsp3) is 0.538. The van der Waals surface area contributed by atoms with Gasteiger partial charge in [-0.15, -0.1) is 0 Å². The van der Waals surface area contributed by atoms with Crippen LogP contribution in [0.25, 0.3) is 0 Å². The number of benzene rings is 1. The predicted octanol–water partition coefficient (Wildman–Crippen LogP) is 2.82. The number of hydrogen-bond acceptors (Lipinski definition) is 1. The van der Waals surface area contributed by atoms with Gasteiger partial charge in [0, 0.05) is 12.1 Å². The highest BCUT2D eigenvalue weighted by Crippen LogP contribution is 2.46. The zero-order valence-electron chi connectivity index (χ0n) is 9.01. The van der Waals surface area contributed by atoms with Crippen molar-refractivity contribution in [2.45, 2.75) is 38.8 Å². The van der Waals surface area contributed by atoms with Crippen LogP contribution in [0.2, 0.25) is 0 Å². The molecule has 0 spiro atoms. The van der Waals surface area contributed by atoms with Crippen molar-refractivity contribution < 1.29 is 0 Å². The molecule has 1 unspecified atom stereocenters. The smallest absolute Gasteiger partial charge is 0.0439 e. The van der Waals surface area contributed by atoms with Crippen LogP contribution in [0.15, 0.2) is 18.2 Å². The molecule has 0 amide bonds. The Morgan fingerprint density at radius 3 is 3.07 bits per heavy atom. The van der Waals surface area contributed by atoms with Gasteiger partial charge in [-0.3, -0.25) is 4.90 Å². The van der Waals surface area contributed by atoms with Gasteiger partial charge in [0.05, 0.1) is 0 Å². The molecule has 0 bridgehead atoms. The molecule has 0 radical (unpaired) electrons. The molecule has 1 heteroatoms. The van der Waals surface area contributed by atoms with Gasteiger partial charge in [-0.1, -0.05) is 23.8 Å². The van der Waals surface area contributed by atoms with Crippen LogP contribution in [0.1, 0.15) is 36.5 Å². The summed E-state index contributed by atoms with van der Waals surface area (Å²) in [6.07, 6.45) is 2.70. The highest BCUT2D eigenvalue weighted by atomic mass is 15.2. The van der Waals surface area contributed by atoms with E-state index in [2.05, 4.69) is 36.9 Å². The third-order valence-corrected chi connectivity index (χ3v) is 3.99. The summed E-state index contributed by atoms with van der Waals surface area (Å²) in [5, 5.41) is 0. The highest BCUT2D eigenvalue weighted by Gasteiger charge is 2.43. The lowest BCUT2D eigenvalue weighted by Crippen LogP contribution is -2.31. The van der Waals surface area contributed by atoms with Gasteiger partial charge in [-0.25, -0.2) is 0 Å². The van der Waals surface area contributed by atoms with Gasteiger partial charge in [0.15, 0.2) is 0 Å². The third-order valence-electron chi connectivity index (χ3n) is 3.99. The molecule has 1 fully saturated rings. The maximum Gasteiger partial charge on any atom is 0.0439 e.